The number of alkyl halides is 3. The second-order valence-electron chi connectivity index (χ2n) is 21.9. The van der Waals surface area contributed by atoms with E-state index >= 15 is 13.2 Å². The van der Waals surface area contributed by atoms with Crippen LogP contribution in [0.15, 0.2) is 48.7 Å². The minimum atomic E-state index is -3.80. The number of halogens is 5. The Morgan fingerprint density at radius 3 is 2.38 bits per heavy atom. The van der Waals surface area contributed by atoms with Crippen LogP contribution in [-0.2, 0) is 9.47 Å². The minimum Gasteiger partial charge on any atom is -0.468 e. The molecular formula is C55H65F5N6O7Si. The van der Waals surface area contributed by atoms with Gasteiger partial charge in [0, 0.05) is 56.4 Å². The summed E-state index contributed by atoms with van der Waals surface area (Å²) in [6, 6.07) is 10.2. The molecule has 19 heteroatoms. The van der Waals surface area contributed by atoms with Gasteiger partial charge in [0.25, 0.3) is 0 Å². The van der Waals surface area contributed by atoms with Crippen LogP contribution in [0.2, 0.25) is 16.6 Å². The summed E-state index contributed by atoms with van der Waals surface area (Å²) in [5.41, 5.74) is 3.21. The molecule has 0 saturated carbocycles. The number of anilines is 1. The molecule has 5 aromatic rings. The van der Waals surface area contributed by atoms with Crippen LogP contribution in [0.4, 0.5) is 32.6 Å². The van der Waals surface area contributed by atoms with E-state index in [4.69, 9.17) is 38.6 Å². The molecule has 1 amide bonds. The Morgan fingerprint density at radius 2 is 1.66 bits per heavy atom. The highest BCUT2D eigenvalue weighted by molar-refractivity contribution is 6.90. The molecule has 3 aromatic carbocycles. The number of amides is 1. The number of hydrogen-bond donors (Lipinski definition) is 0. The molecule has 396 valence electrons. The van der Waals surface area contributed by atoms with Crippen LogP contribution in [-0.4, -0.2) is 103 Å². The lowest BCUT2D eigenvalue weighted by molar-refractivity contribution is -0.286. The van der Waals surface area contributed by atoms with Gasteiger partial charge in [0.15, 0.2) is 29.9 Å². The van der Waals surface area contributed by atoms with Crippen LogP contribution in [0.3, 0.4) is 0 Å². The SMILES string of the molecule is COCOc1cc(-c2ncc3c(N4CCCCCN4C(=O)OC(C)(C)C)nc(OC[C@@]45CC[C@H](c6ccc7c(c6)OC(F)(F)O7)N4C[C@H](F)C5)nc3c2F)c2c(C#C[Si](C(C)C)(C(C)C)C(C)C)c(F)ccc2c1. The topological polar surface area (TPSA) is 121 Å². The first kappa shape index (κ1) is 52.9. The molecule has 0 N–H and O–H groups in total. The minimum absolute atomic E-state index is 0.0500. The molecule has 4 aliphatic rings. The average molecular weight is 1050 g/mol. The fraction of sp³-hybridized carbons (Fsp3) is 0.527. The number of hydrazine groups is 1. The van der Waals surface area contributed by atoms with Gasteiger partial charge < -0.3 is 28.4 Å². The van der Waals surface area contributed by atoms with Gasteiger partial charge in [-0.15, -0.1) is 14.3 Å². The van der Waals surface area contributed by atoms with Crippen LogP contribution in [0.5, 0.6) is 23.3 Å². The van der Waals surface area contributed by atoms with E-state index in [1.807, 2.05) is 4.90 Å². The lowest BCUT2D eigenvalue weighted by Crippen LogP contribution is -2.49. The molecule has 3 fully saturated rings. The zero-order valence-corrected chi connectivity index (χ0v) is 44.7. The van der Waals surface area contributed by atoms with Gasteiger partial charge in [0.05, 0.1) is 16.5 Å². The first-order valence-corrected chi connectivity index (χ1v) is 27.8. The maximum atomic E-state index is 18.2. The number of carbonyl (C=O) groups is 1. The van der Waals surface area contributed by atoms with Crippen molar-refractivity contribution in [3.63, 3.8) is 0 Å². The Bertz CT molecular complexity index is 3000. The van der Waals surface area contributed by atoms with Crippen molar-refractivity contribution in [2.45, 2.75) is 147 Å². The molecule has 2 aromatic heterocycles. The van der Waals surface area contributed by atoms with Crippen LogP contribution in [0, 0.1) is 23.1 Å². The molecule has 0 bridgehead atoms. The lowest BCUT2D eigenvalue weighted by Gasteiger charge is -2.38. The second-order valence-corrected chi connectivity index (χ2v) is 27.5. The third kappa shape index (κ3) is 10.0. The van der Waals surface area contributed by atoms with Crippen molar-refractivity contribution in [2.75, 3.05) is 45.2 Å². The van der Waals surface area contributed by atoms with Crippen LogP contribution in [0.25, 0.3) is 32.9 Å². The van der Waals surface area contributed by atoms with Gasteiger partial charge in [-0.1, -0.05) is 59.6 Å². The van der Waals surface area contributed by atoms with Gasteiger partial charge in [-0.3, -0.25) is 14.9 Å². The van der Waals surface area contributed by atoms with Crippen molar-refractivity contribution < 1.29 is 55.2 Å². The van der Waals surface area contributed by atoms with E-state index in [0.717, 1.165) is 6.42 Å². The van der Waals surface area contributed by atoms with E-state index in [-0.39, 0.29) is 113 Å². The molecule has 3 atom stereocenters. The summed E-state index contributed by atoms with van der Waals surface area (Å²) in [7, 11) is -0.926. The summed E-state index contributed by atoms with van der Waals surface area (Å²) in [4.78, 5) is 30.4. The Morgan fingerprint density at radius 1 is 0.932 bits per heavy atom. The van der Waals surface area contributed by atoms with Crippen molar-refractivity contribution in [3.05, 3.63) is 71.4 Å². The summed E-state index contributed by atoms with van der Waals surface area (Å²) in [5, 5.41) is 4.11. The van der Waals surface area contributed by atoms with Gasteiger partial charge in [-0.25, -0.2) is 23.0 Å². The number of methoxy groups -OCH3 is 1. The van der Waals surface area contributed by atoms with Gasteiger partial charge >= 0.3 is 18.4 Å². The quantitative estimate of drug-likeness (QED) is 0.0512. The predicted molar refractivity (Wildman–Crippen MR) is 274 cm³/mol. The van der Waals surface area contributed by atoms with Crippen molar-refractivity contribution in [1.82, 2.24) is 24.9 Å². The van der Waals surface area contributed by atoms with E-state index in [0.29, 0.717) is 47.8 Å². The van der Waals surface area contributed by atoms with Crippen LogP contribution in [0.1, 0.15) is 118 Å². The van der Waals surface area contributed by atoms with Gasteiger partial charge in [0.2, 0.25) is 0 Å². The molecular weight excluding hydrogens is 980 g/mol. The number of aromatic nitrogens is 3. The summed E-state index contributed by atoms with van der Waals surface area (Å²) < 4.78 is 112. The molecule has 0 spiro atoms. The highest BCUT2D eigenvalue weighted by Gasteiger charge is 2.54. The Hall–Kier alpha value is -5.97. The predicted octanol–water partition coefficient (Wildman–Crippen LogP) is 12.8. The first-order valence-electron chi connectivity index (χ1n) is 25.5. The average Bonchev–Trinajstić information content (AvgIpc) is 3.86. The number of rotatable bonds is 12. The summed E-state index contributed by atoms with van der Waals surface area (Å²) >= 11 is 0. The fourth-order valence-corrected chi connectivity index (χ4v) is 17.1. The molecule has 6 heterocycles. The van der Waals surface area contributed by atoms with E-state index in [9.17, 15) is 13.6 Å². The largest absolute Gasteiger partial charge is 0.586 e. The summed E-state index contributed by atoms with van der Waals surface area (Å²) in [6.07, 6.45) is -1.05. The Labute approximate surface area is 430 Å². The van der Waals surface area contributed by atoms with Crippen molar-refractivity contribution in [1.29, 1.82) is 0 Å². The molecule has 4 aliphatic heterocycles. The first-order chi connectivity index (χ1) is 35.0. The molecule has 0 unspecified atom stereocenters. The third-order valence-corrected chi connectivity index (χ3v) is 21.4. The number of nitrogens with zero attached hydrogens (tertiary/aromatic N) is 6. The zero-order valence-electron chi connectivity index (χ0n) is 43.7. The van der Waals surface area contributed by atoms with E-state index in [1.165, 1.54) is 36.5 Å². The number of pyridine rings is 1. The number of benzene rings is 3. The monoisotopic (exact) mass is 1040 g/mol. The Balaban J connectivity index is 1.20. The van der Waals surface area contributed by atoms with Crippen molar-refractivity contribution in [3.8, 4) is 46.0 Å². The number of ether oxygens (including phenoxy) is 6. The molecule has 9 rings (SSSR count). The van der Waals surface area contributed by atoms with E-state index in [1.54, 1.807) is 50.0 Å². The Kier molecular flexibility index (Phi) is 14.5. The summed E-state index contributed by atoms with van der Waals surface area (Å²) in [6.45, 7) is 18.7. The lowest BCUT2D eigenvalue weighted by atomic mass is 9.94. The summed E-state index contributed by atoms with van der Waals surface area (Å²) in [5.74, 6) is 2.07. The molecule has 74 heavy (non-hydrogen) atoms. The van der Waals surface area contributed by atoms with Crippen LogP contribution >= 0.6 is 0 Å². The zero-order chi connectivity index (χ0) is 53.1. The van der Waals surface area contributed by atoms with Gasteiger partial charge in [-0.05, 0) is 111 Å². The second kappa shape index (κ2) is 20.3. The van der Waals surface area contributed by atoms with E-state index < -0.39 is 49.4 Å². The highest BCUT2D eigenvalue weighted by Crippen LogP contribution is 2.52. The maximum Gasteiger partial charge on any atom is 0.586 e. The smallest absolute Gasteiger partial charge is 0.468 e. The van der Waals surface area contributed by atoms with Gasteiger partial charge in [0.1, 0.15) is 49.2 Å². The van der Waals surface area contributed by atoms with Crippen LogP contribution < -0.4 is 24.0 Å². The molecule has 0 radical (unpaired) electrons. The fourth-order valence-electron chi connectivity index (χ4n) is 11.9. The van der Waals surface area contributed by atoms with E-state index in [2.05, 4.69) is 57.7 Å². The highest BCUT2D eigenvalue weighted by atomic mass is 28.3. The molecule has 13 nitrogen and oxygen atoms in total. The number of carbonyl (C=O) groups excluding carboxylic acids is 1. The van der Waals surface area contributed by atoms with Crippen molar-refractivity contribution >= 4 is 41.7 Å². The number of fused-ring (bicyclic) bond motifs is 4. The standard InChI is InChI=1S/C55H65F5N6O7Si/c1-32(2)74(33(3)4,34(5)6)23-19-39-42(57)16-14-36-24-38(70-31-68-10)26-40(46(36)39)48-47(58)49-41(28-61-48)50(65-21-12-11-13-22-66(65)52(67)73-53(7,8)9)63-51(62-49)69-30-54-20-18-43(64(54)29-37(56)27-54)35-15-17-44-45(25-35)72-55(59,60)71-44/h14-17,24-26,28,32-34,37,43H,11-13,18,20-22,27,29-31H2,1-10H3/t37-,43-,54+/m1/s1. The maximum absolute atomic E-state index is 18.2. The molecule has 3 saturated heterocycles. The van der Waals surface area contributed by atoms with Gasteiger partial charge in [-0.2, -0.15) is 9.97 Å². The third-order valence-electron chi connectivity index (χ3n) is 15.1. The number of hydrogen-bond acceptors (Lipinski definition) is 12. The molecule has 0 aliphatic carbocycles. The van der Waals surface area contributed by atoms with Crippen molar-refractivity contribution in [2.24, 2.45) is 0 Å². The normalized spacial score (nSPS) is 20.9.